The van der Waals surface area contributed by atoms with E-state index in [2.05, 4.69) is 117 Å². The molecule has 1 unspecified atom stereocenters. The Labute approximate surface area is 190 Å². The Morgan fingerprint density at radius 3 is 1.81 bits per heavy atom. The van der Waals surface area contributed by atoms with E-state index < -0.39 is 13.8 Å². The first-order valence-corrected chi connectivity index (χ1v) is 13.4. The molecule has 2 nitrogen and oxygen atoms in total. The van der Waals surface area contributed by atoms with Crippen molar-refractivity contribution in [3.8, 4) is 0 Å². The summed E-state index contributed by atoms with van der Waals surface area (Å²) in [6, 6.07) is 26.5. The Kier molecular flexibility index (Phi) is 6.65. The molecule has 3 aromatic carbocycles. The zero-order valence-corrected chi connectivity index (χ0v) is 20.5. The van der Waals surface area contributed by atoms with Crippen molar-refractivity contribution < 1.29 is 3.47 Å². The summed E-state index contributed by atoms with van der Waals surface area (Å²) in [6.45, 7) is 4.38. The van der Waals surface area contributed by atoms with Crippen molar-refractivity contribution in [3.05, 3.63) is 106 Å². The summed E-state index contributed by atoms with van der Waals surface area (Å²) in [4.78, 5) is 4.49. The first-order valence-electron chi connectivity index (χ1n) is 10.9. The van der Waals surface area contributed by atoms with Gasteiger partial charge >= 0.3 is 191 Å². The first kappa shape index (κ1) is 21.5. The van der Waals surface area contributed by atoms with Crippen LogP contribution in [0.2, 0.25) is 0 Å². The van der Waals surface area contributed by atoms with Gasteiger partial charge in [0.1, 0.15) is 0 Å². The number of hydrogen-bond donors (Lipinski definition) is 0. The van der Waals surface area contributed by atoms with Crippen molar-refractivity contribution in [2.24, 2.45) is 0 Å². The van der Waals surface area contributed by atoms with Crippen LogP contribution >= 0.6 is 0 Å². The van der Waals surface area contributed by atoms with Gasteiger partial charge in [-0.1, -0.05) is 0 Å². The molecular formula is C28H30NOSe+. The van der Waals surface area contributed by atoms with Crippen LogP contribution in [-0.4, -0.2) is 27.9 Å². The van der Waals surface area contributed by atoms with E-state index in [-0.39, 0.29) is 0 Å². The SMILES string of the molecule is CCc1ccc(C2=CC(c3ccc(N(C)C)cc3)=C[Se](c3ccc(CC)cc3)=[O+]2)cc1. The Balaban J connectivity index is 1.78. The molecule has 0 saturated heterocycles. The molecule has 0 N–H and O–H groups in total. The van der Waals surface area contributed by atoms with Crippen LogP contribution in [0.4, 0.5) is 5.69 Å². The maximum atomic E-state index is 6.62. The molecule has 1 atom stereocenters. The van der Waals surface area contributed by atoms with Crippen LogP contribution in [0.1, 0.15) is 36.1 Å². The molecule has 31 heavy (non-hydrogen) atoms. The van der Waals surface area contributed by atoms with Crippen molar-refractivity contribution in [1.29, 1.82) is 0 Å². The summed E-state index contributed by atoms with van der Waals surface area (Å²) < 4.78 is 7.92. The Bertz CT molecular complexity index is 1090. The third-order valence-electron chi connectivity index (χ3n) is 5.63. The zero-order chi connectivity index (χ0) is 21.8. The van der Waals surface area contributed by atoms with Gasteiger partial charge in [0.15, 0.2) is 0 Å². The number of nitrogens with zero attached hydrogens (tertiary/aromatic N) is 1. The van der Waals surface area contributed by atoms with E-state index in [1.165, 1.54) is 32.4 Å². The molecule has 0 aromatic heterocycles. The molecule has 1 aliphatic heterocycles. The predicted molar refractivity (Wildman–Crippen MR) is 134 cm³/mol. The molecule has 0 amide bonds. The molecule has 3 heteroatoms. The molecule has 0 fully saturated rings. The minimum absolute atomic E-state index is 0.974. The van der Waals surface area contributed by atoms with Gasteiger partial charge in [-0.05, 0) is 0 Å². The van der Waals surface area contributed by atoms with Gasteiger partial charge in [0.05, 0.1) is 0 Å². The topological polar surface area (TPSA) is 14.5 Å². The average Bonchev–Trinajstić information content (AvgIpc) is 2.84. The first-order chi connectivity index (χ1) is 15.1. The fourth-order valence-electron chi connectivity index (χ4n) is 3.55. The summed E-state index contributed by atoms with van der Waals surface area (Å²) >= 11 is -1.60. The van der Waals surface area contributed by atoms with Crippen molar-refractivity contribution >= 4 is 35.3 Å². The summed E-state index contributed by atoms with van der Waals surface area (Å²) in [7, 11) is 4.14. The summed E-state index contributed by atoms with van der Waals surface area (Å²) in [5.74, 6) is 0.974. The monoisotopic (exact) mass is 476 g/mol. The number of anilines is 1. The van der Waals surface area contributed by atoms with Crippen LogP contribution in [0.5, 0.6) is 0 Å². The number of hydrogen-bond acceptors (Lipinski definition) is 1. The van der Waals surface area contributed by atoms with Gasteiger partial charge in [-0.3, -0.25) is 0 Å². The van der Waals surface area contributed by atoms with Gasteiger partial charge in [-0.2, -0.15) is 0 Å². The van der Waals surface area contributed by atoms with Gasteiger partial charge in [-0.25, -0.2) is 0 Å². The quantitative estimate of drug-likeness (QED) is 0.329. The molecule has 1 heterocycles. The molecule has 0 spiro atoms. The van der Waals surface area contributed by atoms with E-state index in [9.17, 15) is 0 Å². The second-order valence-electron chi connectivity index (χ2n) is 7.95. The third kappa shape index (κ3) is 4.95. The molecule has 0 saturated carbocycles. The summed E-state index contributed by atoms with van der Waals surface area (Å²) in [6.07, 6.45) is 4.30. The van der Waals surface area contributed by atoms with Crippen LogP contribution in [-0.2, 0) is 16.3 Å². The van der Waals surface area contributed by atoms with E-state index in [0.29, 0.717) is 0 Å². The van der Waals surface area contributed by atoms with Gasteiger partial charge in [0.2, 0.25) is 0 Å². The fourth-order valence-corrected chi connectivity index (χ4v) is 6.61. The number of rotatable bonds is 6. The Morgan fingerprint density at radius 2 is 1.26 bits per heavy atom. The second-order valence-corrected chi connectivity index (χ2v) is 11.0. The van der Waals surface area contributed by atoms with E-state index >= 15 is 0 Å². The van der Waals surface area contributed by atoms with Crippen LogP contribution in [0.25, 0.3) is 11.3 Å². The van der Waals surface area contributed by atoms with Crippen molar-refractivity contribution in [3.63, 3.8) is 0 Å². The average molecular weight is 476 g/mol. The molecule has 158 valence electrons. The van der Waals surface area contributed by atoms with E-state index in [4.69, 9.17) is 3.47 Å². The van der Waals surface area contributed by atoms with Crippen LogP contribution in [0.3, 0.4) is 0 Å². The minimum atomic E-state index is -1.60. The van der Waals surface area contributed by atoms with Gasteiger partial charge < -0.3 is 0 Å². The number of allylic oxidation sites excluding steroid dienone is 2. The maximum absolute atomic E-state index is 6.62. The second kappa shape index (κ2) is 9.60. The van der Waals surface area contributed by atoms with Crippen LogP contribution in [0, 0.1) is 0 Å². The van der Waals surface area contributed by atoms with Gasteiger partial charge in [-0.15, -0.1) is 0 Å². The molecule has 3 aromatic rings. The summed E-state index contributed by atoms with van der Waals surface area (Å²) in [5, 5.41) is 0. The molecule has 4 rings (SSSR count). The normalized spacial score (nSPS) is 15.7. The van der Waals surface area contributed by atoms with Gasteiger partial charge in [0, 0.05) is 0 Å². The van der Waals surface area contributed by atoms with Gasteiger partial charge in [0.25, 0.3) is 0 Å². The predicted octanol–water partition coefficient (Wildman–Crippen LogP) is 5.72. The Morgan fingerprint density at radius 1 is 0.710 bits per heavy atom. The molecule has 0 radical (unpaired) electrons. The molecule has 0 bridgehead atoms. The molecule has 1 aliphatic rings. The third-order valence-corrected chi connectivity index (χ3v) is 8.91. The molecular weight excluding hydrogens is 445 g/mol. The van der Waals surface area contributed by atoms with E-state index in [0.717, 1.165) is 24.2 Å². The van der Waals surface area contributed by atoms with E-state index in [1.54, 1.807) is 0 Å². The zero-order valence-electron chi connectivity index (χ0n) is 18.8. The van der Waals surface area contributed by atoms with Crippen molar-refractivity contribution in [1.82, 2.24) is 0 Å². The number of benzene rings is 3. The standard InChI is InChI=1S/C28H30NOSe/c1-5-21-7-11-24(12-8-21)28-19-25(23-13-15-26(16-14-23)29(3)4)20-31(30-28)27-17-9-22(6-2)10-18-27/h7-20H,5-6H2,1-4H3/q+1. The summed E-state index contributed by atoms with van der Waals surface area (Å²) in [5.41, 5.74) is 7.54. The van der Waals surface area contributed by atoms with Crippen LogP contribution < -0.4 is 9.36 Å². The van der Waals surface area contributed by atoms with Crippen LogP contribution in [0.15, 0.2) is 83.8 Å². The number of aryl methyl sites for hydroxylation is 2. The van der Waals surface area contributed by atoms with Crippen molar-refractivity contribution in [2.45, 2.75) is 26.7 Å². The fraction of sp³-hybridized carbons (Fsp3) is 0.214. The Hall–Kier alpha value is -2.74. The van der Waals surface area contributed by atoms with E-state index in [1.807, 2.05) is 0 Å². The van der Waals surface area contributed by atoms with Crippen molar-refractivity contribution in [2.75, 3.05) is 19.0 Å². The molecule has 0 aliphatic carbocycles.